The van der Waals surface area contributed by atoms with E-state index in [-0.39, 0.29) is 43.7 Å². The van der Waals surface area contributed by atoms with Crippen LogP contribution in [0.3, 0.4) is 0 Å². The Morgan fingerprint density at radius 1 is 1.02 bits per heavy atom. The lowest BCUT2D eigenvalue weighted by molar-refractivity contribution is -0.156. The van der Waals surface area contributed by atoms with E-state index in [4.69, 9.17) is 10.5 Å². The fourth-order valence-electron chi connectivity index (χ4n) is 5.37. The molecule has 0 spiro atoms. The van der Waals surface area contributed by atoms with Crippen molar-refractivity contribution < 1.29 is 43.4 Å². The number of carbonyl (C=O) groups is 7. The van der Waals surface area contributed by atoms with Gasteiger partial charge in [0.25, 0.3) is 5.91 Å². The first kappa shape index (κ1) is 38.7. The van der Waals surface area contributed by atoms with Gasteiger partial charge >= 0.3 is 11.9 Å². The normalized spacial score (nSPS) is 19.7. The topological polar surface area (TPSA) is 250 Å². The summed E-state index contributed by atoms with van der Waals surface area (Å²) in [5.74, 6) is -6.40. The van der Waals surface area contributed by atoms with E-state index in [1.807, 2.05) is 19.9 Å². The van der Waals surface area contributed by atoms with Crippen molar-refractivity contribution in [1.29, 1.82) is 5.26 Å². The number of hydrogen-bond donors (Lipinski definition) is 6. The van der Waals surface area contributed by atoms with Gasteiger partial charge in [-0.15, -0.1) is 0 Å². The molecule has 1 saturated heterocycles. The summed E-state index contributed by atoms with van der Waals surface area (Å²) in [5.41, 5.74) is 5.00. The lowest BCUT2D eigenvalue weighted by Crippen LogP contribution is -2.61. The SMILES string of the molecule is CC(C)C[C@H](NC(=O)CN)C(=O)N[C@@H](CC(=O)OC(C)(C)C)C(=O)N[C@H](C(=O)N[C@H]1CC(C#N)=C2CC[C@@H](C(=O)O)N2C1=O)C(C)C. The molecule has 260 valence electrons. The summed E-state index contributed by atoms with van der Waals surface area (Å²) in [6.07, 6.45) is -0.194. The van der Waals surface area contributed by atoms with Gasteiger partial charge in [-0.05, 0) is 51.9 Å². The third-order valence-electron chi connectivity index (χ3n) is 7.50. The van der Waals surface area contributed by atoms with Gasteiger partial charge in [0.15, 0.2) is 0 Å². The molecular formula is C31H47N7O9. The fourth-order valence-corrected chi connectivity index (χ4v) is 5.37. The minimum absolute atomic E-state index is 0.0442. The van der Waals surface area contributed by atoms with Crippen LogP contribution in [0.1, 0.15) is 80.6 Å². The number of allylic oxidation sites excluding steroid dienone is 1. The highest BCUT2D eigenvalue weighted by atomic mass is 16.6. The number of hydrogen-bond acceptors (Lipinski definition) is 10. The summed E-state index contributed by atoms with van der Waals surface area (Å²) < 4.78 is 5.35. The number of carboxylic acid groups (broad SMARTS) is 1. The Kier molecular flexibility index (Phi) is 13.4. The molecule has 5 amide bonds. The van der Waals surface area contributed by atoms with Crippen molar-refractivity contribution in [1.82, 2.24) is 26.2 Å². The molecule has 0 aromatic rings. The van der Waals surface area contributed by atoms with Crippen LogP contribution in [0.25, 0.3) is 0 Å². The molecule has 2 aliphatic rings. The molecule has 0 saturated carbocycles. The number of nitrogens with zero attached hydrogens (tertiary/aromatic N) is 2. The monoisotopic (exact) mass is 661 g/mol. The first-order valence-corrected chi connectivity index (χ1v) is 15.6. The van der Waals surface area contributed by atoms with E-state index in [1.54, 1.807) is 34.6 Å². The van der Waals surface area contributed by atoms with Crippen molar-refractivity contribution in [3.63, 3.8) is 0 Å². The van der Waals surface area contributed by atoms with Crippen molar-refractivity contribution in [2.24, 2.45) is 17.6 Å². The van der Waals surface area contributed by atoms with Crippen LogP contribution >= 0.6 is 0 Å². The molecule has 1 fully saturated rings. The number of amides is 5. The summed E-state index contributed by atoms with van der Waals surface area (Å²) in [6.45, 7) is 11.4. The third-order valence-corrected chi connectivity index (χ3v) is 7.50. The molecular weight excluding hydrogens is 614 g/mol. The van der Waals surface area contributed by atoms with Gasteiger partial charge in [0.2, 0.25) is 23.6 Å². The van der Waals surface area contributed by atoms with Gasteiger partial charge in [-0.1, -0.05) is 27.7 Å². The number of aliphatic carboxylic acids is 1. The molecule has 2 rings (SSSR count). The van der Waals surface area contributed by atoms with Crippen LogP contribution in [0.2, 0.25) is 0 Å². The number of fused-ring (bicyclic) bond motifs is 1. The molecule has 7 N–H and O–H groups in total. The second-order valence-electron chi connectivity index (χ2n) is 13.4. The number of ether oxygens (including phenoxy) is 1. The summed E-state index contributed by atoms with van der Waals surface area (Å²) >= 11 is 0. The number of carbonyl (C=O) groups excluding carboxylic acids is 6. The van der Waals surface area contributed by atoms with Gasteiger partial charge in [0.05, 0.1) is 24.6 Å². The second-order valence-corrected chi connectivity index (χ2v) is 13.4. The Balaban J connectivity index is 2.31. The van der Waals surface area contributed by atoms with E-state index in [0.717, 1.165) is 4.90 Å². The van der Waals surface area contributed by atoms with Crippen LogP contribution < -0.4 is 27.0 Å². The molecule has 0 bridgehead atoms. The van der Waals surface area contributed by atoms with Crippen LogP contribution in [-0.2, 0) is 38.3 Å². The molecule has 5 atom stereocenters. The molecule has 0 aliphatic carbocycles. The van der Waals surface area contributed by atoms with Gasteiger partial charge < -0.3 is 36.8 Å². The van der Waals surface area contributed by atoms with E-state index in [9.17, 15) is 43.9 Å². The van der Waals surface area contributed by atoms with E-state index in [1.165, 1.54) is 0 Å². The van der Waals surface area contributed by atoms with E-state index in [0.29, 0.717) is 5.70 Å². The third kappa shape index (κ3) is 10.8. The molecule has 0 aromatic carbocycles. The van der Waals surface area contributed by atoms with Gasteiger partial charge in [0.1, 0.15) is 35.8 Å². The largest absolute Gasteiger partial charge is 0.480 e. The Bertz CT molecular complexity index is 1330. The highest BCUT2D eigenvalue weighted by Gasteiger charge is 2.46. The summed E-state index contributed by atoms with van der Waals surface area (Å²) in [5, 5.41) is 29.4. The smallest absolute Gasteiger partial charge is 0.326 e. The number of rotatable bonds is 14. The first-order valence-electron chi connectivity index (χ1n) is 15.6. The standard InChI is InChI=1S/C31H47N7O9/c1-15(2)10-18(34-23(39)14-33)26(41)35-19(12-24(40)47-31(5,6)7)27(42)37-25(16(3)4)28(43)36-20-11-17(13-32)21-8-9-22(30(45)46)38(21)29(20)44/h15-16,18-20,22,25H,8-12,14,33H2,1-7H3,(H,34,39)(H,35,41)(H,36,43)(H,37,42)(H,45,46)/t18-,19-,20-,22-,25-/m0/s1. The minimum atomic E-state index is -1.52. The highest BCUT2D eigenvalue weighted by Crippen LogP contribution is 2.36. The first-order chi connectivity index (χ1) is 21.8. The molecule has 0 unspecified atom stereocenters. The molecule has 16 heteroatoms. The van der Waals surface area contributed by atoms with Crippen molar-refractivity contribution in [3.8, 4) is 6.07 Å². The number of nitrogens with one attached hydrogen (secondary N) is 4. The number of carboxylic acids is 1. The average Bonchev–Trinajstić information content (AvgIpc) is 3.41. The Hall–Kier alpha value is -4.52. The Labute approximate surface area is 274 Å². The number of esters is 1. The van der Waals surface area contributed by atoms with Crippen LogP contribution in [0.5, 0.6) is 0 Å². The maximum atomic E-state index is 13.6. The number of nitriles is 1. The van der Waals surface area contributed by atoms with Crippen LogP contribution in [0, 0.1) is 23.2 Å². The number of nitrogens with two attached hydrogens (primary N) is 1. The van der Waals surface area contributed by atoms with Gasteiger partial charge in [-0.3, -0.25) is 33.7 Å². The molecule has 2 aliphatic heterocycles. The van der Waals surface area contributed by atoms with Crippen molar-refractivity contribution in [2.75, 3.05) is 6.54 Å². The molecule has 0 radical (unpaired) electrons. The molecule has 47 heavy (non-hydrogen) atoms. The summed E-state index contributed by atoms with van der Waals surface area (Å²) in [7, 11) is 0. The molecule has 16 nitrogen and oxygen atoms in total. The predicted octanol–water partition coefficient (Wildman–Crippen LogP) is -0.425. The van der Waals surface area contributed by atoms with E-state index < -0.39 is 89.6 Å². The van der Waals surface area contributed by atoms with Crippen molar-refractivity contribution >= 4 is 41.5 Å². The maximum absolute atomic E-state index is 13.6. The highest BCUT2D eigenvalue weighted by molar-refractivity contribution is 5.98. The van der Waals surface area contributed by atoms with E-state index in [2.05, 4.69) is 21.3 Å². The van der Waals surface area contributed by atoms with Crippen molar-refractivity contribution in [3.05, 3.63) is 11.3 Å². The zero-order chi connectivity index (χ0) is 35.8. The lowest BCUT2D eigenvalue weighted by atomic mass is 9.96. The fraction of sp³-hybridized carbons (Fsp3) is 0.677. The predicted molar refractivity (Wildman–Crippen MR) is 166 cm³/mol. The Morgan fingerprint density at radius 2 is 1.64 bits per heavy atom. The van der Waals surface area contributed by atoms with Crippen molar-refractivity contribution in [2.45, 2.75) is 116 Å². The van der Waals surface area contributed by atoms with Crippen LogP contribution in [0.15, 0.2) is 11.3 Å². The zero-order valence-electron chi connectivity index (χ0n) is 28.0. The van der Waals surface area contributed by atoms with Gasteiger partial charge in [-0.25, -0.2) is 4.79 Å². The lowest BCUT2D eigenvalue weighted by Gasteiger charge is -2.34. The van der Waals surface area contributed by atoms with E-state index >= 15 is 0 Å². The van der Waals surface area contributed by atoms with Gasteiger partial charge in [-0.2, -0.15) is 5.26 Å². The maximum Gasteiger partial charge on any atom is 0.326 e. The Morgan fingerprint density at radius 3 is 2.15 bits per heavy atom. The van der Waals surface area contributed by atoms with Gasteiger partial charge in [0, 0.05) is 12.1 Å². The molecule has 2 heterocycles. The van der Waals surface area contributed by atoms with Crippen LogP contribution in [-0.4, -0.2) is 93.8 Å². The summed E-state index contributed by atoms with van der Waals surface area (Å²) in [4.78, 5) is 91.4. The zero-order valence-corrected chi connectivity index (χ0v) is 28.0. The minimum Gasteiger partial charge on any atom is -0.480 e. The van der Waals surface area contributed by atoms with Crippen LogP contribution in [0.4, 0.5) is 0 Å². The average molecular weight is 662 g/mol. The second kappa shape index (κ2) is 16.3. The summed E-state index contributed by atoms with van der Waals surface area (Å²) in [6, 6.07) is -4.31. The molecule has 0 aromatic heterocycles. The quantitative estimate of drug-likeness (QED) is 0.130.